The Kier molecular flexibility index (Phi) is 9.27. The lowest BCUT2D eigenvalue weighted by Crippen LogP contribution is -2.46. The lowest BCUT2D eigenvalue weighted by atomic mass is 9.98. The molecule has 1 aliphatic heterocycles. The van der Waals surface area contributed by atoms with E-state index in [2.05, 4.69) is 17.6 Å². The van der Waals surface area contributed by atoms with Crippen LogP contribution in [0.2, 0.25) is 10.0 Å². The highest BCUT2D eigenvalue weighted by atomic mass is 35.5. The summed E-state index contributed by atoms with van der Waals surface area (Å²) in [5.74, 6) is 0.704. The molecule has 2 amide bonds. The second-order valence-electron chi connectivity index (χ2n) is 10.8. The van der Waals surface area contributed by atoms with Crippen LogP contribution in [0.1, 0.15) is 57.3 Å². The van der Waals surface area contributed by atoms with Crippen molar-refractivity contribution in [1.29, 1.82) is 0 Å². The zero-order valence-electron chi connectivity index (χ0n) is 24.9. The number of nitrogens with one attached hydrogen (secondary N) is 2. The molecule has 5 rings (SSSR count). The number of anilines is 1. The summed E-state index contributed by atoms with van der Waals surface area (Å²) in [4.78, 5) is 46.4. The number of fused-ring (bicyclic) bond motifs is 1. The number of carbonyl (C=O) groups excluding carboxylic acids is 2. The largest absolute Gasteiger partial charge is 0.497 e. The SMILES string of the molecule is CNC(=O)c1ccc(-n2c(NC[C@@H](C)c3cccc(OC)c3)nc3c(c2=O)C[C@@H](C)N(C(=O)c2ccc(Cl)c(Cl)c2)C3)cc1. The third kappa shape index (κ3) is 6.30. The van der Waals surface area contributed by atoms with E-state index in [1.807, 2.05) is 31.2 Å². The van der Waals surface area contributed by atoms with Crippen LogP contribution in [0.15, 0.2) is 71.5 Å². The van der Waals surface area contributed by atoms with Gasteiger partial charge in [-0.05, 0) is 79.4 Å². The van der Waals surface area contributed by atoms with E-state index in [1.165, 1.54) is 4.57 Å². The highest BCUT2D eigenvalue weighted by Crippen LogP contribution is 2.28. The molecule has 0 fully saturated rings. The molecule has 44 heavy (non-hydrogen) atoms. The molecule has 0 radical (unpaired) electrons. The van der Waals surface area contributed by atoms with Gasteiger partial charge in [0.2, 0.25) is 5.95 Å². The standard InChI is InChI=1S/C33H33Cl2N5O4/c1-19(22-6-5-7-25(15-22)44-4)17-37-33-38-29-18-39(31(42)23-10-13-27(34)28(35)16-23)20(2)14-26(29)32(43)40(33)24-11-8-21(9-12-24)30(41)36-3/h5-13,15-16,19-20H,14,17-18H2,1-4H3,(H,36,41)(H,37,38)/t19-,20-/m1/s1. The fraction of sp³-hybridized carbons (Fsp3) is 0.273. The van der Waals surface area contributed by atoms with Crippen molar-refractivity contribution < 1.29 is 14.3 Å². The van der Waals surface area contributed by atoms with Crippen LogP contribution in [0.3, 0.4) is 0 Å². The highest BCUT2D eigenvalue weighted by molar-refractivity contribution is 6.42. The van der Waals surface area contributed by atoms with Crippen LogP contribution >= 0.6 is 23.2 Å². The topological polar surface area (TPSA) is 106 Å². The normalized spacial score (nSPS) is 14.9. The number of hydrogen-bond acceptors (Lipinski definition) is 6. The second-order valence-corrected chi connectivity index (χ2v) is 11.6. The molecule has 0 aliphatic carbocycles. The van der Waals surface area contributed by atoms with Gasteiger partial charge < -0.3 is 20.3 Å². The van der Waals surface area contributed by atoms with Crippen LogP contribution in [0.5, 0.6) is 5.75 Å². The van der Waals surface area contributed by atoms with Crippen LogP contribution in [-0.2, 0) is 13.0 Å². The van der Waals surface area contributed by atoms with Crippen molar-refractivity contribution in [3.05, 3.63) is 115 Å². The molecule has 9 nitrogen and oxygen atoms in total. The van der Waals surface area contributed by atoms with Crippen LogP contribution < -0.4 is 20.9 Å². The molecular weight excluding hydrogens is 601 g/mol. The maximum absolute atomic E-state index is 14.1. The smallest absolute Gasteiger partial charge is 0.263 e. The summed E-state index contributed by atoms with van der Waals surface area (Å²) in [6.45, 7) is 4.60. The summed E-state index contributed by atoms with van der Waals surface area (Å²) in [5, 5.41) is 6.65. The highest BCUT2D eigenvalue weighted by Gasteiger charge is 2.32. The van der Waals surface area contributed by atoms with Crippen molar-refractivity contribution in [3.8, 4) is 11.4 Å². The van der Waals surface area contributed by atoms with E-state index in [9.17, 15) is 14.4 Å². The minimum absolute atomic E-state index is 0.0508. The Morgan fingerprint density at radius 2 is 1.77 bits per heavy atom. The Morgan fingerprint density at radius 3 is 2.45 bits per heavy atom. The minimum Gasteiger partial charge on any atom is -0.497 e. The molecule has 0 bridgehead atoms. The van der Waals surface area contributed by atoms with Crippen molar-refractivity contribution in [2.45, 2.75) is 38.8 Å². The molecule has 0 saturated carbocycles. The molecular formula is C33H33Cl2N5O4. The van der Waals surface area contributed by atoms with Gasteiger partial charge in [0.25, 0.3) is 17.4 Å². The van der Waals surface area contributed by atoms with Crippen molar-refractivity contribution in [1.82, 2.24) is 19.8 Å². The van der Waals surface area contributed by atoms with Gasteiger partial charge in [-0.2, -0.15) is 0 Å². The maximum atomic E-state index is 14.1. The Morgan fingerprint density at radius 1 is 1.05 bits per heavy atom. The molecule has 2 N–H and O–H groups in total. The molecule has 1 aromatic heterocycles. The number of rotatable bonds is 8. The molecule has 228 valence electrons. The first kappa shape index (κ1) is 31.1. The summed E-state index contributed by atoms with van der Waals surface area (Å²) in [6, 6.07) is 19.1. The second kappa shape index (κ2) is 13.1. The number of benzene rings is 3. The molecule has 2 atom stereocenters. The predicted molar refractivity (Wildman–Crippen MR) is 173 cm³/mol. The fourth-order valence-electron chi connectivity index (χ4n) is 5.30. The number of ether oxygens (including phenoxy) is 1. The van der Waals surface area contributed by atoms with E-state index < -0.39 is 0 Å². The molecule has 3 aromatic carbocycles. The van der Waals surface area contributed by atoms with Gasteiger partial charge in [-0.25, -0.2) is 9.55 Å². The van der Waals surface area contributed by atoms with Crippen LogP contribution in [0.25, 0.3) is 5.69 Å². The van der Waals surface area contributed by atoms with E-state index in [1.54, 1.807) is 61.5 Å². The number of halogens is 2. The van der Waals surface area contributed by atoms with Crippen molar-refractivity contribution >= 4 is 41.0 Å². The number of hydrogen-bond donors (Lipinski definition) is 2. The summed E-state index contributed by atoms with van der Waals surface area (Å²) in [7, 11) is 3.19. The average Bonchev–Trinajstić information content (AvgIpc) is 3.04. The maximum Gasteiger partial charge on any atom is 0.263 e. The van der Waals surface area contributed by atoms with Crippen LogP contribution in [0, 0.1) is 0 Å². The monoisotopic (exact) mass is 633 g/mol. The number of carbonyl (C=O) groups is 2. The Hall–Kier alpha value is -4.34. The van der Waals surface area contributed by atoms with E-state index in [4.69, 9.17) is 32.9 Å². The van der Waals surface area contributed by atoms with Gasteiger partial charge >= 0.3 is 0 Å². The molecule has 0 unspecified atom stereocenters. The Labute approximate surface area is 265 Å². The van der Waals surface area contributed by atoms with Gasteiger partial charge in [-0.15, -0.1) is 0 Å². The quantitative estimate of drug-likeness (QED) is 0.257. The Bertz CT molecular complexity index is 1770. The number of amides is 2. The van der Waals surface area contributed by atoms with Gasteiger partial charge in [0.1, 0.15) is 5.75 Å². The first-order valence-corrected chi connectivity index (χ1v) is 15.0. The Balaban J connectivity index is 1.53. The predicted octanol–water partition coefficient (Wildman–Crippen LogP) is 5.71. The van der Waals surface area contributed by atoms with Gasteiger partial charge in [-0.3, -0.25) is 14.4 Å². The van der Waals surface area contributed by atoms with E-state index >= 15 is 0 Å². The molecule has 2 heterocycles. The van der Waals surface area contributed by atoms with Crippen LogP contribution in [0.4, 0.5) is 5.95 Å². The summed E-state index contributed by atoms with van der Waals surface area (Å²) < 4.78 is 6.92. The van der Waals surface area contributed by atoms with E-state index in [-0.39, 0.29) is 35.9 Å². The molecule has 0 saturated heterocycles. The first-order valence-electron chi connectivity index (χ1n) is 14.2. The zero-order chi connectivity index (χ0) is 31.5. The average molecular weight is 635 g/mol. The van der Waals surface area contributed by atoms with E-state index in [0.717, 1.165) is 11.3 Å². The van der Waals surface area contributed by atoms with Crippen molar-refractivity contribution in [2.75, 3.05) is 26.0 Å². The zero-order valence-corrected chi connectivity index (χ0v) is 26.4. The summed E-state index contributed by atoms with van der Waals surface area (Å²) >= 11 is 12.3. The van der Waals surface area contributed by atoms with Gasteiger partial charge in [0, 0.05) is 36.3 Å². The minimum atomic E-state index is -0.269. The lowest BCUT2D eigenvalue weighted by molar-refractivity contribution is 0.0653. The summed E-state index contributed by atoms with van der Waals surface area (Å²) in [6.07, 6.45) is 0.324. The van der Waals surface area contributed by atoms with E-state index in [0.29, 0.717) is 57.0 Å². The van der Waals surface area contributed by atoms with Gasteiger partial charge in [0.15, 0.2) is 0 Å². The molecule has 4 aromatic rings. The number of methoxy groups -OCH3 is 1. The van der Waals surface area contributed by atoms with Gasteiger partial charge in [-0.1, -0.05) is 42.3 Å². The molecule has 1 aliphatic rings. The number of aromatic nitrogens is 2. The fourth-order valence-corrected chi connectivity index (χ4v) is 5.60. The lowest BCUT2D eigenvalue weighted by Gasteiger charge is -2.34. The van der Waals surface area contributed by atoms with Gasteiger partial charge in [0.05, 0.1) is 35.1 Å². The first-order chi connectivity index (χ1) is 21.1. The molecule has 11 heteroatoms. The third-order valence-corrected chi connectivity index (χ3v) is 8.62. The number of nitrogens with zero attached hydrogens (tertiary/aromatic N) is 3. The van der Waals surface area contributed by atoms with Crippen molar-refractivity contribution in [3.63, 3.8) is 0 Å². The third-order valence-electron chi connectivity index (χ3n) is 7.89. The summed E-state index contributed by atoms with van der Waals surface area (Å²) in [5.41, 5.74) is 3.34. The van der Waals surface area contributed by atoms with Crippen molar-refractivity contribution in [2.24, 2.45) is 0 Å². The van der Waals surface area contributed by atoms with Crippen LogP contribution in [-0.4, -0.2) is 53.0 Å². The molecule has 0 spiro atoms.